The molecule has 1 aromatic carbocycles. The van der Waals surface area contributed by atoms with Crippen LogP contribution < -0.4 is 0 Å². The van der Waals surface area contributed by atoms with E-state index in [4.69, 9.17) is 4.74 Å². The molecule has 0 aliphatic carbocycles. The second-order valence-electron chi connectivity index (χ2n) is 3.23. The molecule has 0 aliphatic rings. The minimum Gasteiger partial charge on any atom is -0.386 e. The molecule has 2 nitrogen and oxygen atoms in total. The Kier molecular flexibility index (Phi) is 4.36. The molecular formula is C12H16O2. The Labute approximate surface area is 84.8 Å². The van der Waals surface area contributed by atoms with Crippen LogP contribution in [-0.4, -0.2) is 17.3 Å². The standard InChI is InChI=1S/C12H16O2/c1-3-12(13)10(2)14-9-11-7-5-4-6-8-11/h3-8,10,12-13H,1,9H2,2H3. The molecule has 2 atom stereocenters. The maximum absolute atomic E-state index is 9.36. The van der Waals surface area contributed by atoms with Crippen LogP contribution in [0.3, 0.4) is 0 Å². The summed E-state index contributed by atoms with van der Waals surface area (Å²) in [6, 6.07) is 9.88. The van der Waals surface area contributed by atoms with Gasteiger partial charge in [0.2, 0.25) is 0 Å². The van der Waals surface area contributed by atoms with E-state index < -0.39 is 6.10 Å². The first-order valence-electron chi connectivity index (χ1n) is 4.70. The van der Waals surface area contributed by atoms with Gasteiger partial charge in [0.1, 0.15) is 0 Å². The predicted octanol–water partition coefficient (Wildman–Crippen LogP) is 2.14. The molecule has 0 aromatic heterocycles. The van der Waals surface area contributed by atoms with E-state index in [1.807, 2.05) is 37.3 Å². The monoisotopic (exact) mass is 192 g/mol. The van der Waals surface area contributed by atoms with Gasteiger partial charge in [-0.3, -0.25) is 0 Å². The minimum atomic E-state index is -0.598. The number of benzene rings is 1. The summed E-state index contributed by atoms with van der Waals surface area (Å²) in [5.74, 6) is 0. The molecule has 76 valence electrons. The van der Waals surface area contributed by atoms with Gasteiger partial charge in [0, 0.05) is 0 Å². The van der Waals surface area contributed by atoms with Crippen LogP contribution in [0.1, 0.15) is 12.5 Å². The second kappa shape index (κ2) is 5.58. The predicted molar refractivity (Wildman–Crippen MR) is 56.9 cm³/mol. The largest absolute Gasteiger partial charge is 0.386 e. The van der Waals surface area contributed by atoms with Crippen molar-refractivity contribution in [3.63, 3.8) is 0 Å². The van der Waals surface area contributed by atoms with E-state index in [9.17, 15) is 5.11 Å². The van der Waals surface area contributed by atoms with Crippen LogP contribution in [0.5, 0.6) is 0 Å². The molecule has 0 spiro atoms. The maximum atomic E-state index is 9.36. The molecule has 0 fully saturated rings. The van der Waals surface area contributed by atoms with E-state index >= 15 is 0 Å². The molecule has 2 unspecified atom stereocenters. The maximum Gasteiger partial charge on any atom is 0.0977 e. The molecule has 1 N–H and O–H groups in total. The Morgan fingerprint density at radius 3 is 2.64 bits per heavy atom. The molecule has 2 heteroatoms. The number of rotatable bonds is 5. The van der Waals surface area contributed by atoms with Gasteiger partial charge in [-0.2, -0.15) is 0 Å². The zero-order valence-corrected chi connectivity index (χ0v) is 8.39. The summed E-state index contributed by atoms with van der Waals surface area (Å²) < 4.78 is 5.46. The number of aliphatic hydroxyl groups excluding tert-OH is 1. The van der Waals surface area contributed by atoms with Gasteiger partial charge < -0.3 is 9.84 Å². The van der Waals surface area contributed by atoms with Gasteiger partial charge in [0.25, 0.3) is 0 Å². The summed E-state index contributed by atoms with van der Waals surface area (Å²) >= 11 is 0. The highest BCUT2D eigenvalue weighted by atomic mass is 16.5. The Hall–Kier alpha value is -1.12. The van der Waals surface area contributed by atoms with Crippen LogP contribution in [0, 0.1) is 0 Å². The lowest BCUT2D eigenvalue weighted by Crippen LogP contribution is -2.23. The minimum absolute atomic E-state index is 0.215. The third kappa shape index (κ3) is 3.32. The van der Waals surface area contributed by atoms with Gasteiger partial charge in [0.15, 0.2) is 0 Å². The lowest BCUT2D eigenvalue weighted by molar-refractivity contribution is -0.0151. The highest BCUT2D eigenvalue weighted by molar-refractivity contribution is 5.13. The highest BCUT2D eigenvalue weighted by Gasteiger charge is 2.10. The summed E-state index contributed by atoms with van der Waals surface area (Å²) in [5.41, 5.74) is 1.11. The van der Waals surface area contributed by atoms with E-state index in [0.717, 1.165) is 5.56 Å². The Morgan fingerprint density at radius 1 is 1.43 bits per heavy atom. The van der Waals surface area contributed by atoms with Crippen molar-refractivity contribution in [1.82, 2.24) is 0 Å². The summed E-state index contributed by atoms with van der Waals surface area (Å²) in [7, 11) is 0. The number of ether oxygens (including phenoxy) is 1. The average Bonchev–Trinajstić information content (AvgIpc) is 2.26. The first kappa shape index (κ1) is 11.0. The fourth-order valence-corrected chi connectivity index (χ4v) is 1.09. The van der Waals surface area contributed by atoms with Crippen molar-refractivity contribution in [3.05, 3.63) is 48.6 Å². The van der Waals surface area contributed by atoms with Gasteiger partial charge >= 0.3 is 0 Å². The third-order valence-electron chi connectivity index (χ3n) is 2.08. The topological polar surface area (TPSA) is 29.5 Å². The molecule has 14 heavy (non-hydrogen) atoms. The smallest absolute Gasteiger partial charge is 0.0977 e. The van der Waals surface area contributed by atoms with E-state index in [1.54, 1.807) is 0 Å². The van der Waals surface area contributed by atoms with Gasteiger partial charge in [-0.25, -0.2) is 0 Å². The highest BCUT2D eigenvalue weighted by Crippen LogP contribution is 2.06. The first-order valence-corrected chi connectivity index (χ1v) is 4.70. The molecule has 1 rings (SSSR count). The normalized spacial score (nSPS) is 14.7. The molecule has 0 bridgehead atoms. The number of hydrogen-bond donors (Lipinski definition) is 1. The van der Waals surface area contributed by atoms with Gasteiger partial charge in [-0.05, 0) is 12.5 Å². The zero-order chi connectivity index (χ0) is 10.4. The molecule has 0 aliphatic heterocycles. The Balaban J connectivity index is 2.37. The first-order chi connectivity index (χ1) is 6.74. The van der Waals surface area contributed by atoms with Crippen molar-refractivity contribution in [2.45, 2.75) is 25.7 Å². The van der Waals surface area contributed by atoms with Crippen LogP contribution >= 0.6 is 0 Å². The summed E-state index contributed by atoms with van der Waals surface area (Å²) in [4.78, 5) is 0. The van der Waals surface area contributed by atoms with Crippen molar-refractivity contribution in [3.8, 4) is 0 Å². The molecule has 1 aromatic rings. The van der Waals surface area contributed by atoms with Crippen molar-refractivity contribution >= 4 is 0 Å². The SMILES string of the molecule is C=CC(O)C(C)OCc1ccccc1. The van der Waals surface area contributed by atoms with Crippen molar-refractivity contribution in [2.75, 3.05) is 0 Å². The third-order valence-corrected chi connectivity index (χ3v) is 2.08. The Morgan fingerprint density at radius 2 is 2.07 bits per heavy atom. The van der Waals surface area contributed by atoms with E-state index in [2.05, 4.69) is 6.58 Å². The number of hydrogen-bond acceptors (Lipinski definition) is 2. The molecule has 0 heterocycles. The molecule has 0 saturated heterocycles. The number of aliphatic hydroxyl groups is 1. The fourth-order valence-electron chi connectivity index (χ4n) is 1.09. The summed E-state index contributed by atoms with van der Waals surface area (Å²) in [6.07, 6.45) is 0.668. The molecule has 0 amide bonds. The van der Waals surface area contributed by atoms with E-state index in [0.29, 0.717) is 6.61 Å². The summed E-state index contributed by atoms with van der Waals surface area (Å²) in [5, 5.41) is 9.36. The molecule has 0 saturated carbocycles. The van der Waals surface area contributed by atoms with Gasteiger partial charge in [-0.1, -0.05) is 36.4 Å². The van der Waals surface area contributed by atoms with E-state index in [-0.39, 0.29) is 6.10 Å². The Bertz CT molecular complexity index is 269. The van der Waals surface area contributed by atoms with Crippen LogP contribution in [0.15, 0.2) is 43.0 Å². The van der Waals surface area contributed by atoms with Crippen LogP contribution in [0.4, 0.5) is 0 Å². The van der Waals surface area contributed by atoms with Crippen molar-refractivity contribution in [2.24, 2.45) is 0 Å². The summed E-state index contributed by atoms with van der Waals surface area (Å²) in [6.45, 7) is 5.86. The molecular weight excluding hydrogens is 176 g/mol. The van der Waals surface area contributed by atoms with Crippen LogP contribution in [-0.2, 0) is 11.3 Å². The average molecular weight is 192 g/mol. The quantitative estimate of drug-likeness (QED) is 0.724. The lowest BCUT2D eigenvalue weighted by Gasteiger charge is -2.16. The molecule has 0 radical (unpaired) electrons. The van der Waals surface area contributed by atoms with Crippen molar-refractivity contribution in [1.29, 1.82) is 0 Å². The van der Waals surface area contributed by atoms with Crippen LogP contribution in [0.2, 0.25) is 0 Å². The fraction of sp³-hybridized carbons (Fsp3) is 0.333. The second-order valence-corrected chi connectivity index (χ2v) is 3.23. The zero-order valence-electron chi connectivity index (χ0n) is 8.39. The van der Waals surface area contributed by atoms with E-state index in [1.165, 1.54) is 6.08 Å². The van der Waals surface area contributed by atoms with Crippen LogP contribution in [0.25, 0.3) is 0 Å². The van der Waals surface area contributed by atoms with Gasteiger partial charge in [-0.15, -0.1) is 6.58 Å². The lowest BCUT2D eigenvalue weighted by atomic mass is 10.2. The van der Waals surface area contributed by atoms with Crippen molar-refractivity contribution < 1.29 is 9.84 Å². The van der Waals surface area contributed by atoms with Gasteiger partial charge in [0.05, 0.1) is 18.8 Å².